The second kappa shape index (κ2) is 5.80. The molecule has 8 nitrogen and oxygen atoms in total. The maximum absolute atomic E-state index is 11.6. The molecule has 20 heavy (non-hydrogen) atoms. The number of hydrazine groups is 1. The fraction of sp³-hybridized carbons (Fsp3) is 0.0909. The Kier molecular flexibility index (Phi) is 4.11. The number of rotatable bonds is 3. The van der Waals surface area contributed by atoms with E-state index in [0.717, 1.165) is 0 Å². The van der Waals surface area contributed by atoms with Gasteiger partial charge in [0.25, 0.3) is 11.5 Å². The topological polar surface area (TPSA) is 123 Å². The predicted molar refractivity (Wildman–Crippen MR) is 74.0 cm³/mol. The number of nitrogens with zero attached hydrogens (tertiary/aromatic N) is 2. The zero-order valence-electron chi connectivity index (χ0n) is 10.1. The number of hydrogen-bond acceptors (Lipinski definition) is 5. The van der Waals surface area contributed by atoms with Crippen LogP contribution in [0.3, 0.4) is 0 Å². The van der Waals surface area contributed by atoms with E-state index in [4.69, 9.17) is 5.84 Å². The lowest BCUT2D eigenvalue weighted by atomic mass is 10.3. The Bertz CT molecular complexity index is 767. The Labute approximate surface area is 120 Å². The van der Waals surface area contributed by atoms with Crippen LogP contribution in [0, 0.1) is 0 Å². The normalized spacial score (nSPS) is 10.3. The lowest BCUT2D eigenvalue weighted by molar-refractivity contribution is 0.0948. The first-order valence-electron chi connectivity index (χ1n) is 5.47. The summed E-state index contributed by atoms with van der Waals surface area (Å²) in [5.41, 5.74) is 1.53. The second-order valence-electron chi connectivity index (χ2n) is 3.85. The summed E-state index contributed by atoms with van der Waals surface area (Å²) in [5, 5.41) is 0. The molecule has 0 saturated carbocycles. The number of amides is 1. The van der Waals surface area contributed by atoms with E-state index >= 15 is 0 Å². The first kappa shape index (κ1) is 14.2. The van der Waals surface area contributed by atoms with Gasteiger partial charge in [0.1, 0.15) is 5.69 Å². The van der Waals surface area contributed by atoms with Crippen LogP contribution in [0.1, 0.15) is 16.2 Å². The summed E-state index contributed by atoms with van der Waals surface area (Å²) in [6.07, 6.45) is 1.36. The molecule has 0 radical (unpaired) electrons. The van der Waals surface area contributed by atoms with Crippen molar-refractivity contribution in [1.82, 2.24) is 20.0 Å². The van der Waals surface area contributed by atoms with E-state index in [1.54, 1.807) is 12.1 Å². The number of nitrogens with one attached hydrogen (secondary N) is 2. The lowest BCUT2D eigenvalue weighted by Gasteiger charge is -2.06. The minimum Gasteiger partial charge on any atom is -0.293 e. The highest BCUT2D eigenvalue weighted by molar-refractivity contribution is 9.10. The van der Waals surface area contributed by atoms with Gasteiger partial charge in [0.15, 0.2) is 0 Å². The third-order valence-electron chi connectivity index (χ3n) is 2.47. The van der Waals surface area contributed by atoms with Crippen LogP contribution < -0.4 is 22.5 Å². The molecule has 0 fully saturated rings. The van der Waals surface area contributed by atoms with Gasteiger partial charge in [0, 0.05) is 6.20 Å². The van der Waals surface area contributed by atoms with Gasteiger partial charge in [-0.15, -0.1) is 0 Å². The van der Waals surface area contributed by atoms with Crippen molar-refractivity contribution in [3.05, 3.63) is 61.1 Å². The quantitative estimate of drug-likeness (QED) is 0.389. The summed E-state index contributed by atoms with van der Waals surface area (Å²) in [6, 6.07) is 4.77. The average molecular weight is 340 g/mol. The molecule has 2 heterocycles. The average Bonchev–Trinajstić information content (AvgIpc) is 2.44. The summed E-state index contributed by atoms with van der Waals surface area (Å²) in [7, 11) is 0. The lowest BCUT2D eigenvalue weighted by Crippen LogP contribution is -2.32. The molecular formula is C11H10BrN5O3. The molecular weight excluding hydrogens is 330 g/mol. The van der Waals surface area contributed by atoms with Crippen LogP contribution in [0.4, 0.5) is 0 Å². The van der Waals surface area contributed by atoms with E-state index in [9.17, 15) is 14.4 Å². The molecule has 2 rings (SSSR count). The van der Waals surface area contributed by atoms with Crippen molar-refractivity contribution in [1.29, 1.82) is 0 Å². The summed E-state index contributed by atoms with van der Waals surface area (Å²) in [6.45, 7) is 0.111. The number of pyridine rings is 1. The molecule has 0 aliphatic carbocycles. The highest BCUT2D eigenvalue weighted by Crippen LogP contribution is 2.03. The molecule has 0 aliphatic rings. The Hall–Kier alpha value is -2.26. The number of aromatic nitrogens is 3. The number of nitrogens with two attached hydrogens (primary N) is 1. The fourth-order valence-corrected chi connectivity index (χ4v) is 1.89. The minimum atomic E-state index is -0.561. The summed E-state index contributed by atoms with van der Waals surface area (Å²) in [4.78, 5) is 40.4. The second-order valence-corrected chi connectivity index (χ2v) is 4.71. The monoisotopic (exact) mass is 339 g/mol. The fourth-order valence-electron chi connectivity index (χ4n) is 1.54. The first-order valence-corrected chi connectivity index (χ1v) is 6.26. The molecule has 4 N–H and O–H groups in total. The zero-order valence-corrected chi connectivity index (χ0v) is 11.7. The van der Waals surface area contributed by atoms with Crippen molar-refractivity contribution in [3.63, 3.8) is 0 Å². The van der Waals surface area contributed by atoms with Crippen molar-refractivity contribution >= 4 is 21.8 Å². The summed E-state index contributed by atoms with van der Waals surface area (Å²) in [5.74, 6) is 4.50. The largest absolute Gasteiger partial charge is 0.328 e. The van der Waals surface area contributed by atoms with Crippen LogP contribution >= 0.6 is 15.9 Å². The molecule has 0 bridgehead atoms. The SMILES string of the molecule is NNC(=O)c1cccc(Cn2cc(Br)c(=O)[nH]c2=O)n1. The van der Waals surface area contributed by atoms with Gasteiger partial charge in [0.2, 0.25) is 0 Å². The number of H-pyrrole nitrogens is 1. The summed E-state index contributed by atoms with van der Waals surface area (Å²) >= 11 is 3.04. The van der Waals surface area contributed by atoms with E-state index in [1.165, 1.54) is 16.8 Å². The minimum absolute atomic E-state index is 0.111. The van der Waals surface area contributed by atoms with Gasteiger partial charge in [-0.3, -0.25) is 24.6 Å². The first-order chi connectivity index (χ1) is 9.51. The molecule has 9 heteroatoms. The zero-order chi connectivity index (χ0) is 14.7. The molecule has 0 aliphatic heterocycles. The molecule has 104 valence electrons. The smallest absolute Gasteiger partial charge is 0.293 e. The molecule has 0 atom stereocenters. The van der Waals surface area contributed by atoms with Crippen LogP contribution in [0.2, 0.25) is 0 Å². The van der Waals surface area contributed by atoms with Gasteiger partial charge >= 0.3 is 5.69 Å². The highest BCUT2D eigenvalue weighted by atomic mass is 79.9. The van der Waals surface area contributed by atoms with Crippen LogP contribution in [-0.2, 0) is 6.54 Å². The van der Waals surface area contributed by atoms with Crippen LogP contribution in [-0.4, -0.2) is 20.4 Å². The predicted octanol–water partition coefficient (Wildman–Crippen LogP) is -0.654. The molecule has 0 aromatic carbocycles. The van der Waals surface area contributed by atoms with E-state index < -0.39 is 17.2 Å². The molecule has 2 aromatic rings. The van der Waals surface area contributed by atoms with Gasteiger partial charge in [-0.25, -0.2) is 15.6 Å². The van der Waals surface area contributed by atoms with Crippen molar-refractivity contribution in [2.45, 2.75) is 6.54 Å². The molecule has 2 aromatic heterocycles. The Morgan fingerprint density at radius 2 is 2.20 bits per heavy atom. The third-order valence-corrected chi connectivity index (χ3v) is 3.04. The van der Waals surface area contributed by atoms with E-state index in [1.807, 2.05) is 5.43 Å². The maximum Gasteiger partial charge on any atom is 0.328 e. The van der Waals surface area contributed by atoms with Gasteiger partial charge in [-0.2, -0.15) is 0 Å². The molecule has 0 saturated heterocycles. The van der Waals surface area contributed by atoms with Gasteiger partial charge in [-0.05, 0) is 28.1 Å². The van der Waals surface area contributed by atoms with E-state index in [-0.39, 0.29) is 16.7 Å². The number of nitrogen functional groups attached to an aromatic ring is 1. The van der Waals surface area contributed by atoms with Crippen molar-refractivity contribution in [2.24, 2.45) is 5.84 Å². The van der Waals surface area contributed by atoms with Crippen LogP contribution in [0.25, 0.3) is 0 Å². The number of halogens is 1. The number of hydrogen-bond donors (Lipinski definition) is 3. The number of carbonyl (C=O) groups excluding carboxylic acids is 1. The van der Waals surface area contributed by atoms with Crippen molar-refractivity contribution in [3.8, 4) is 0 Å². The van der Waals surface area contributed by atoms with Gasteiger partial charge in [-0.1, -0.05) is 6.07 Å². The van der Waals surface area contributed by atoms with E-state index in [0.29, 0.717) is 5.69 Å². The molecule has 0 spiro atoms. The number of aromatic amines is 1. The van der Waals surface area contributed by atoms with Crippen molar-refractivity contribution in [2.75, 3.05) is 0 Å². The van der Waals surface area contributed by atoms with E-state index in [2.05, 4.69) is 25.9 Å². The van der Waals surface area contributed by atoms with Gasteiger partial charge in [0.05, 0.1) is 16.7 Å². The third kappa shape index (κ3) is 3.00. The molecule has 0 unspecified atom stereocenters. The van der Waals surface area contributed by atoms with Gasteiger partial charge < -0.3 is 0 Å². The van der Waals surface area contributed by atoms with Crippen LogP contribution in [0.15, 0.2) is 38.5 Å². The summed E-state index contributed by atoms with van der Waals surface area (Å²) < 4.78 is 1.49. The standard InChI is InChI=1S/C11H10BrN5O3/c12-7-5-17(11(20)15-9(7)18)4-6-2-1-3-8(14-6)10(19)16-13/h1-3,5H,4,13H2,(H,16,19)(H,15,18,20). The Morgan fingerprint density at radius 1 is 1.45 bits per heavy atom. The molecule has 1 amide bonds. The highest BCUT2D eigenvalue weighted by Gasteiger charge is 2.08. The number of carbonyl (C=O) groups is 1. The van der Waals surface area contributed by atoms with Crippen molar-refractivity contribution < 1.29 is 4.79 Å². The Morgan fingerprint density at radius 3 is 2.90 bits per heavy atom. The Balaban J connectivity index is 2.36. The van der Waals surface area contributed by atoms with Crippen LogP contribution in [0.5, 0.6) is 0 Å². The maximum atomic E-state index is 11.6.